The lowest BCUT2D eigenvalue weighted by Crippen LogP contribution is -2.42. The van der Waals surface area contributed by atoms with Gasteiger partial charge in [0.1, 0.15) is 0 Å². The molecule has 0 spiro atoms. The minimum atomic E-state index is -3.51. The summed E-state index contributed by atoms with van der Waals surface area (Å²) in [5.74, 6) is 0.888. The van der Waals surface area contributed by atoms with E-state index < -0.39 is 10.0 Å². The van der Waals surface area contributed by atoms with Crippen LogP contribution in [0.5, 0.6) is 0 Å². The number of carbonyl (C=O) groups excluding carboxylic acids is 1. The lowest BCUT2D eigenvalue weighted by Gasteiger charge is -2.34. The maximum absolute atomic E-state index is 12.9. The van der Waals surface area contributed by atoms with Crippen LogP contribution in [0.1, 0.15) is 51.4 Å². The first-order valence-electron chi connectivity index (χ1n) is 9.02. The number of piperidine rings is 1. The molecule has 1 aliphatic heterocycles. The molecule has 0 aromatic heterocycles. The fourth-order valence-corrected chi connectivity index (χ4v) is 4.87. The summed E-state index contributed by atoms with van der Waals surface area (Å²) in [5, 5.41) is 2.93. The Morgan fingerprint density at radius 2 is 1.60 bits per heavy atom. The lowest BCUT2D eigenvalue weighted by atomic mass is 9.94. The summed E-state index contributed by atoms with van der Waals surface area (Å²) >= 11 is 0. The molecular weight excluding hydrogens is 336 g/mol. The van der Waals surface area contributed by atoms with Crippen molar-refractivity contribution < 1.29 is 13.2 Å². The first kappa shape index (κ1) is 19.9. The Balaban J connectivity index is 2.14. The molecular formula is C19H30N2O3S. The average molecular weight is 367 g/mol. The third-order valence-electron chi connectivity index (χ3n) is 4.95. The number of nitrogens with zero attached hydrogens (tertiary/aromatic N) is 1. The lowest BCUT2D eigenvalue weighted by molar-refractivity contribution is 0.0930. The van der Waals surface area contributed by atoms with Gasteiger partial charge in [0.2, 0.25) is 10.0 Å². The van der Waals surface area contributed by atoms with E-state index in [1.807, 2.05) is 20.8 Å². The fraction of sp³-hybridized carbons (Fsp3) is 0.632. The van der Waals surface area contributed by atoms with Crippen molar-refractivity contribution in [1.82, 2.24) is 9.62 Å². The molecule has 1 aliphatic rings. The standard InChI is InChI=1S/C19H30N2O3S/c1-13(2)16(5)20-19(22)17-6-8-18(9-7-17)25(23,24)21-11-14(3)10-15(4)12-21/h6-9,13-16H,10-12H2,1-5H3,(H,20,22). The SMILES string of the molecule is CC1CC(C)CN(S(=O)(=O)c2ccc(C(=O)NC(C)C(C)C)cc2)C1. The molecule has 0 saturated carbocycles. The summed E-state index contributed by atoms with van der Waals surface area (Å²) < 4.78 is 27.3. The van der Waals surface area contributed by atoms with Gasteiger partial charge in [-0.2, -0.15) is 4.31 Å². The molecule has 3 atom stereocenters. The number of sulfonamides is 1. The highest BCUT2D eigenvalue weighted by atomic mass is 32.2. The molecule has 1 N–H and O–H groups in total. The van der Waals surface area contributed by atoms with E-state index in [4.69, 9.17) is 0 Å². The topological polar surface area (TPSA) is 66.5 Å². The molecule has 25 heavy (non-hydrogen) atoms. The van der Waals surface area contributed by atoms with Crippen LogP contribution in [0, 0.1) is 17.8 Å². The zero-order chi connectivity index (χ0) is 18.8. The number of carbonyl (C=O) groups is 1. The summed E-state index contributed by atoms with van der Waals surface area (Å²) in [4.78, 5) is 12.5. The summed E-state index contributed by atoms with van der Waals surface area (Å²) in [6, 6.07) is 6.31. The maximum atomic E-state index is 12.9. The number of benzene rings is 1. The first-order chi connectivity index (χ1) is 11.6. The zero-order valence-corrected chi connectivity index (χ0v) is 16.6. The van der Waals surface area contributed by atoms with Gasteiger partial charge < -0.3 is 5.32 Å². The Labute approximate surface area is 151 Å². The van der Waals surface area contributed by atoms with Crippen LogP contribution in [0.2, 0.25) is 0 Å². The van der Waals surface area contributed by atoms with Gasteiger partial charge >= 0.3 is 0 Å². The summed E-state index contributed by atoms with van der Waals surface area (Å²) in [5.41, 5.74) is 0.479. The van der Waals surface area contributed by atoms with Crippen molar-refractivity contribution in [1.29, 1.82) is 0 Å². The Morgan fingerprint density at radius 1 is 1.08 bits per heavy atom. The second kappa shape index (κ2) is 7.87. The predicted molar refractivity (Wildman–Crippen MR) is 99.9 cm³/mol. The highest BCUT2D eigenvalue weighted by molar-refractivity contribution is 7.89. The van der Waals surface area contributed by atoms with Crippen LogP contribution in [0.15, 0.2) is 29.2 Å². The van der Waals surface area contributed by atoms with E-state index in [0.29, 0.717) is 36.4 Å². The molecule has 6 heteroatoms. The minimum Gasteiger partial charge on any atom is -0.349 e. The second-order valence-corrected chi connectivity index (χ2v) is 9.74. The van der Waals surface area contributed by atoms with Crippen LogP contribution in [-0.4, -0.2) is 37.8 Å². The van der Waals surface area contributed by atoms with Gasteiger partial charge in [0.05, 0.1) is 4.90 Å². The van der Waals surface area contributed by atoms with Crippen molar-refractivity contribution in [3.8, 4) is 0 Å². The van der Waals surface area contributed by atoms with E-state index in [1.54, 1.807) is 16.4 Å². The molecule has 1 saturated heterocycles. The van der Waals surface area contributed by atoms with Gasteiger partial charge in [0, 0.05) is 24.7 Å². The average Bonchev–Trinajstić information content (AvgIpc) is 2.53. The molecule has 140 valence electrons. The summed E-state index contributed by atoms with van der Waals surface area (Å²) in [6.07, 6.45) is 1.05. The number of rotatable bonds is 5. The predicted octanol–water partition coefficient (Wildman–Crippen LogP) is 3.13. The van der Waals surface area contributed by atoms with Crippen molar-refractivity contribution >= 4 is 15.9 Å². The minimum absolute atomic E-state index is 0.0623. The van der Waals surface area contributed by atoms with E-state index in [9.17, 15) is 13.2 Å². The van der Waals surface area contributed by atoms with Crippen molar-refractivity contribution in [2.75, 3.05) is 13.1 Å². The van der Waals surface area contributed by atoms with Crippen molar-refractivity contribution in [2.24, 2.45) is 17.8 Å². The van der Waals surface area contributed by atoms with E-state index in [2.05, 4.69) is 19.2 Å². The monoisotopic (exact) mass is 366 g/mol. The van der Waals surface area contributed by atoms with Gasteiger partial charge in [-0.1, -0.05) is 27.7 Å². The maximum Gasteiger partial charge on any atom is 0.251 e. The largest absolute Gasteiger partial charge is 0.349 e. The fourth-order valence-electron chi connectivity index (χ4n) is 3.19. The Bertz CT molecular complexity index is 688. The van der Waals surface area contributed by atoms with E-state index in [-0.39, 0.29) is 16.8 Å². The molecule has 1 aromatic carbocycles. The van der Waals surface area contributed by atoms with Crippen LogP contribution in [0.25, 0.3) is 0 Å². The molecule has 2 rings (SSSR count). The quantitative estimate of drug-likeness (QED) is 0.871. The molecule has 1 fully saturated rings. The van der Waals surface area contributed by atoms with Crippen molar-refractivity contribution in [2.45, 2.75) is 52.0 Å². The molecule has 0 bridgehead atoms. The van der Waals surface area contributed by atoms with Crippen molar-refractivity contribution in [3.63, 3.8) is 0 Å². The van der Waals surface area contributed by atoms with E-state index in [0.717, 1.165) is 6.42 Å². The van der Waals surface area contributed by atoms with Crippen molar-refractivity contribution in [3.05, 3.63) is 29.8 Å². The molecule has 3 unspecified atom stereocenters. The van der Waals surface area contributed by atoms with E-state index in [1.165, 1.54) is 12.1 Å². The van der Waals surface area contributed by atoms with Gasteiger partial charge in [-0.15, -0.1) is 0 Å². The molecule has 0 radical (unpaired) electrons. The molecule has 5 nitrogen and oxygen atoms in total. The highest BCUT2D eigenvalue weighted by Gasteiger charge is 2.31. The number of hydrogen-bond donors (Lipinski definition) is 1. The second-order valence-electron chi connectivity index (χ2n) is 7.80. The molecule has 1 heterocycles. The van der Waals surface area contributed by atoms with Gasteiger partial charge in [0.25, 0.3) is 5.91 Å². The first-order valence-corrected chi connectivity index (χ1v) is 10.5. The highest BCUT2D eigenvalue weighted by Crippen LogP contribution is 2.26. The van der Waals surface area contributed by atoms with Gasteiger partial charge in [-0.05, 0) is 55.4 Å². The Morgan fingerprint density at radius 3 is 2.08 bits per heavy atom. The normalized spacial score (nSPS) is 23.4. The Kier molecular flexibility index (Phi) is 6.27. The van der Waals surface area contributed by atoms with Crippen LogP contribution in [0.4, 0.5) is 0 Å². The van der Waals surface area contributed by atoms with Gasteiger partial charge in [0.15, 0.2) is 0 Å². The number of hydrogen-bond acceptors (Lipinski definition) is 3. The summed E-state index contributed by atoms with van der Waals surface area (Å²) in [7, 11) is -3.51. The Hall–Kier alpha value is -1.40. The third kappa shape index (κ3) is 4.82. The van der Waals surface area contributed by atoms with Crippen LogP contribution in [-0.2, 0) is 10.0 Å². The van der Waals surface area contributed by atoms with E-state index >= 15 is 0 Å². The van der Waals surface area contributed by atoms with Gasteiger partial charge in [-0.3, -0.25) is 4.79 Å². The number of nitrogens with one attached hydrogen (secondary N) is 1. The summed E-state index contributed by atoms with van der Waals surface area (Å²) in [6.45, 7) is 11.3. The van der Waals surface area contributed by atoms with Crippen LogP contribution in [0.3, 0.4) is 0 Å². The molecule has 1 aromatic rings. The number of amides is 1. The smallest absolute Gasteiger partial charge is 0.251 e. The van der Waals surface area contributed by atoms with Crippen LogP contribution >= 0.6 is 0 Å². The molecule has 0 aliphatic carbocycles. The van der Waals surface area contributed by atoms with Gasteiger partial charge in [-0.25, -0.2) is 8.42 Å². The van der Waals surface area contributed by atoms with Crippen LogP contribution < -0.4 is 5.32 Å². The zero-order valence-electron chi connectivity index (χ0n) is 15.8. The third-order valence-corrected chi connectivity index (χ3v) is 6.79. The molecule has 1 amide bonds.